The van der Waals surface area contributed by atoms with Crippen molar-refractivity contribution in [3.8, 4) is 0 Å². The summed E-state index contributed by atoms with van der Waals surface area (Å²) in [5.41, 5.74) is 3.24. The molecule has 1 aliphatic heterocycles. The number of hydrogen-bond acceptors (Lipinski definition) is 5. The van der Waals surface area contributed by atoms with Gasteiger partial charge in [0.25, 0.3) is 5.91 Å². The Balaban J connectivity index is 1.58. The predicted octanol–water partition coefficient (Wildman–Crippen LogP) is 1.80. The van der Waals surface area contributed by atoms with E-state index in [4.69, 9.17) is 0 Å². The molecule has 0 aromatic carbocycles. The molecule has 2 aromatic rings. The first-order chi connectivity index (χ1) is 12.4. The van der Waals surface area contributed by atoms with Crippen LogP contribution in [0.2, 0.25) is 0 Å². The first-order valence-corrected chi connectivity index (χ1v) is 10.9. The van der Waals surface area contributed by atoms with Crippen molar-refractivity contribution in [2.24, 2.45) is 0 Å². The SMILES string of the molecule is Cc1cc(NC(=O)c2n[nH]c3c2CCCCC3)n([C@@H]2CCS(=O)(=O)C2)n1. The second-order valence-electron chi connectivity index (χ2n) is 7.22. The van der Waals surface area contributed by atoms with Crippen LogP contribution in [0.15, 0.2) is 6.07 Å². The highest BCUT2D eigenvalue weighted by Gasteiger charge is 2.32. The summed E-state index contributed by atoms with van der Waals surface area (Å²) in [6.45, 7) is 1.83. The van der Waals surface area contributed by atoms with Crippen molar-refractivity contribution in [2.75, 3.05) is 16.8 Å². The molecule has 8 nitrogen and oxygen atoms in total. The summed E-state index contributed by atoms with van der Waals surface area (Å²) in [5, 5.41) is 14.5. The summed E-state index contributed by atoms with van der Waals surface area (Å²) in [7, 11) is -3.03. The zero-order valence-corrected chi connectivity index (χ0v) is 15.6. The molecule has 1 atom stereocenters. The first-order valence-electron chi connectivity index (χ1n) is 9.07. The third-order valence-electron chi connectivity index (χ3n) is 5.18. The van der Waals surface area contributed by atoms with E-state index in [0.29, 0.717) is 17.9 Å². The molecule has 0 spiro atoms. The van der Waals surface area contributed by atoms with E-state index in [1.165, 1.54) is 0 Å². The van der Waals surface area contributed by atoms with E-state index in [0.717, 1.165) is 49.1 Å². The summed E-state index contributed by atoms with van der Waals surface area (Å²) >= 11 is 0. The molecule has 2 aromatic heterocycles. The van der Waals surface area contributed by atoms with Crippen LogP contribution < -0.4 is 5.32 Å². The van der Waals surface area contributed by atoms with E-state index in [1.54, 1.807) is 10.7 Å². The van der Waals surface area contributed by atoms with Crippen molar-refractivity contribution in [3.63, 3.8) is 0 Å². The fourth-order valence-corrected chi connectivity index (χ4v) is 5.57. The Morgan fingerprint density at radius 1 is 1.31 bits per heavy atom. The molecule has 0 unspecified atom stereocenters. The maximum Gasteiger partial charge on any atom is 0.277 e. The minimum atomic E-state index is -3.03. The van der Waals surface area contributed by atoms with Crippen molar-refractivity contribution in [1.82, 2.24) is 20.0 Å². The number of carbonyl (C=O) groups is 1. The molecule has 0 radical (unpaired) electrons. The summed E-state index contributed by atoms with van der Waals surface area (Å²) in [4.78, 5) is 12.8. The van der Waals surface area contributed by atoms with Gasteiger partial charge in [0.15, 0.2) is 15.5 Å². The largest absolute Gasteiger partial charge is 0.305 e. The molecular weight excluding hydrogens is 354 g/mol. The van der Waals surface area contributed by atoms with Crippen LogP contribution in [-0.4, -0.2) is 45.8 Å². The second kappa shape index (κ2) is 6.53. The van der Waals surface area contributed by atoms with E-state index in [9.17, 15) is 13.2 Å². The number of nitrogens with one attached hydrogen (secondary N) is 2. The summed E-state index contributed by atoms with van der Waals surface area (Å²) < 4.78 is 25.2. The molecule has 2 aliphatic rings. The quantitative estimate of drug-likeness (QED) is 0.793. The molecule has 1 aliphatic carbocycles. The Kier molecular flexibility index (Phi) is 4.34. The van der Waals surface area contributed by atoms with Crippen molar-refractivity contribution < 1.29 is 13.2 Å². The molecule has 2 N–H and O–H groups in total. The van der Waals surface area contributed by atoms with Gasteiger partial charge in [-0.3, -0.25) is 9.89 Å². The molecule has 140 valence electrons. The van der Waals surface area contributed by atoms with Crippen molar-refractivity contribution in [2.45, 2.75) is 51.5 Å². The van der Waals surface area contributed by atoms with Gasteiger partial charge in [-0.25, -0.2) is 13.1 Å². The molecule has 4 rings (SSSR count). The highest BCUT2D eigenvalue weighted by molar-refractivity contribution is 7.91. The number of hydrogen-bond donors (Lipinski definition) is 2. The van der Waals surface area contributed by atoms with Crippen LogP contribution in [-0.2, 0) is 22.7 Å². The van der Waals surface area contributed by atoms with Gasteiger partial charge in [-0.1, -0.05) is 6.42 Å². The Bertz CT molecular complexity index is 944. The van der Waals surface area contributed by atoms with Crippen LogP contribution in [0.4, 0.5) is 5.82 Å². The number of aryl methyl sites for hydroxylation is 2. The first kappa shape index (κ1) is 17.3. The fourth-order valence-electron chi connectivity index (χ4n) is 3.88. The van der Waals surface area contributed by atoms with Gasteiger partial charge in [0.05, 0.1) is 23.2 Å². The Morgan fingerprint density at radius 3 is 2.88 bits per heavy atom. The van der Waals surface area contributed by atoms with Gasteiger partial charge in [0.2, 0.25) is 0 Å². The highest BCUT2D eigenvalue weighted by atomic mass is 32.2. The van der Waals surface area contributed by atoms with Crippen LogP contribution >= 0.6 is 0 Å². The molecule has 26 heavy (non-hydrogen) atoms. The lowest BCUT2D eigenvalue weighted by Gasteiger charge is -2.13. The molecule has 3 heterocycles. The average molecular weight is 377 g/mol. The molecule has 0 bridgehead atoms. The van der Waals surface area contributed by atoms with Crippen molar-refractivity contribution >= 4 is 21.6 Å². The standard InChI is InChI=1S/C17H23N5O3S/c1-11-9-15(22(21-11)12-7-8-26(24,25)10-12)18-17(23)16-13-5-3-2-4-6-14(13)19-20-16/h9,12H,2-8,10H2,1H3,(H,18,23)(H,19,20)/t12-/m1/s1. The van der Waals surface area contributed by atoms with E-state index in [1.807, 2.05) is 6.92 Å². The van der Waals surface area contributed by atoms with Gasteiger partial charge in [-0.15, -0.1) is 0 Å². The minimum Gasteiger partial charge on any atom is -0.305 e. The summed E-state index contributed by atoms with van der Waals surface area (Å²) in [5.74, 6) is 0.484. The lowest BCUT2D eigenvalue weighted by atomic mass is 10.1. The van der Waals surface area contributed by atoms with Crippen molar-refractivity contribution in [3.05, 3.63) is 28.7 Å². The maximum absolute atomic E-state index is 12.8. The van der Waals surface area contributed by atoms with Gasteiger partial charge < -0.3 is 5.32 Å². The van der Waals surface area contributed by atoms with Gasteiger partial charge in [0.1, 0.15) is 5.82 Å². The molecule has 1 fully saturated rings. The third-order valence-corrected chi connectivity index (χ3v) is 6.93. The van der Waals surface area contributed by atoms with Gasteiger partial charge in [-0.05, 0) is 39.0 Å². The van der Waals surface area contributed by atoms with Crippen molar-refractivity contribution in [1.29, 1.82) is 0 Å². The Hall–Kier alpha value is -2.16. The lowest BCUT2D eigenvalue weighted by molar-refractivity contribution is 0.102. The molecule has 1 saturated heterocycles. The maximum atomic E-state index is 12.8. The zero-order valence-electron chi connectivity index (χ0n) is 14.8. The van der Waals surface area contributed by atoms with Crippen LogP contribution in [0.25, 0.3) is 0 Å². The number of rotatable bonds is 3. The molecular formula is C17H23N5O3S. The van der Waals surface area contributed by atoms with Crippen LogP contribution in [0.3, 0.4) is 0 Å². The van der Waals surface area contributed by atoms with Gasteiger partial charge >= 0.3 is 0 Å². The van der Waals surface area contributed by atoms with Crippen LogP contribution in [0.1, 0.15) is 59.2 Å². The summed E-state index contributed by atoms with van der Waals surface area (Å²) in [6, 6.07) is 1.54. The number of carbonyl (C=O) groups excluding carboxylic acids is 1. The topological polar surface area (TPSA) is 110 Å². The van der Waals surface area contributed by atoms with Crippen LogP contribution in [0, 0.1) is 6.92 Å². The predicted molar refractivity (Wildman–Crippen MR) is 97.1 cm³/mol. The molecule has 9 heteroatoms. The normalized spacial score (nSPS) is 22.0. The van der Waals surface area contributed by atoms with Crippen LogP contribution in [0.5, 0.6) is 0 Å². The molecule has 1 amide bonds. The lowest BCUT2D eigenvalue weighted by Crippen LogP contribution is -2.20. The third kappa shape index (κ3) is 3.27. The van der Waals surface area contributed by atoms with Gasteiger partial charge in [0, 0.05) is 17.3 Å². The van der Waals surface area contributed by atoms with E-state index >= 15 is 0 Å². The Labute approximate surface area is 152 Å². The van der Waals surface area contributed by atoms with E-state index in [2.05, 4.69) is 20.6 Å². The fraction of sp³-hybridized carbons (Fsp3) is 0.588. The highest BCUT2D eigenvalue weighted by Crippen LogP contribution is 2.28. The number of anilines is 1. The van der Waals surface area contributed by atoms with E-state index < -0.39 is 9.84 Å². The zero-order chi connectivity index (χ0) is 18.3. The number of sulfone groups is 1. The monoisotopic (exact) mass is 377 g/mol. The number of fused-ring (bicyclic) bond motifs is 1. The van der Waals surface area contributed by atoms with E-state index in [-0.39, 0.29) is 23.5 Å². The Morgan fingerprint density at radius 2 is 2.12 bits per heavy atom. The average Bonchev–Trinajstić information content (AvgIpc) is 3.20. The minimum absolute atomic E-state index is 0.0643. The molecule has 0 saturated carbocycles. The number of H-pyrrole nitrogens is 1. The number of nitrogens with zero attached hydrogens (tertiary/aromatic N) is 3. The number of aromatic nitrogens is 4. The number of amides is 1. The smallest absolute Gasteiger partial charge is 0.277 e. The van der Waals surface area contributed by atoms with Gasteiger partial charge in [-0.2, -0.15) is 10.2 Å². The summed E-state index contributed by atoms with van der Waals surface area (Å²) in [6.07, 6.45) is 5.62. The number of aromatic amines is 1. The second-order valence-corrected chi connectivity index (χ2v) is 9.45.